The second kappa shape index (κ2) is 6.81. The minimum Gasteiger partial charge on any atom is -0.372 e. The van der Waals surface area contributed by atoms with Crippen molar-refractivity contribution in [1.29, 1.82) is 0 Å². The van der Waals surface area contributed by atoms with Gasteiger partial charge in [0, 0.05) is 51.3 Å². The summed E-state index contributed by atoms with van der Waals surface area (Å²) in [5.74, 6) is 0.856. The van der Waals surface area contributed by atoms with Crippen molar-refractivity contribution in [3.8, 4) is 0 Å². The molecule has 1 aromatic heterocycles. The predicted octanol–water partition coefficient (Wildman–Crippen LogP) is 2.08. The number of likely N-dealkylation sites (tertiary alicyclic amines) is 2. The molecule has 5 nitrogen and oxygen atoms in total. The van der Waals surface area contributed by atoms with Gasteiger partial charge in [-0.3, -0.25) is 14.7 Å². The molecule has 24 heavy (non-hydrogen) atoms. The summed E-state index contributed by atoms with van der Waals surface area (Å²) in [6, 6.07) is 6.08. The first-order chi connectivity index (χ1) is 11.7. The molecule has 0 aliphatic carbocycles. The molecule has 1 atom stereocenters. The number of aromatic nitrogens is 1. The van der Waals surface area contributed by atoms with Gasteiger partial charge in [0.25, 0.3) is 0 Å². The van der Waals surface area contributed by atoms with Crippen molar-refractivity contribution < 1.29 is 9.53 Å². The highest BCUT2D eigenvalue weighted by Gasteiger charge is 2.46. The molecular weight excluding hydrogens is 302 g/mol. The zero-order valence-electron chi connectivity index (χ0n) is 14.3. The van der Waals surface area contributed by atoms with Crippen molar-refractivity contribution >= 4 is 5.91 Å². The highest BCUT2D eigenvalue weighted by atomic mass is 16.5. The van der Waals surface area contributed by atoms with Gasteiger partial charge in [-0.15, -0.1) is 0 Å². The third-order valence-corrected chi connectivity index (χ3v) is 5.67. The quantitative estimate of drug-likeness (QED) is 0.848. The summed E-state index contributed by atoms with van der Waals surface area (Å²) in [5, 5.41) is 0. The number of ether oxygens (including phenoxy) is 1. The average Bonchev–Trinajstić information content (AvgIpc) is 2.58. The van der Waals surface area contributed by atoms with Gasteiger partial charge in [0.1, 0.15) is 0 Å². The van der Waals surface area contributed by atoms with Gasteiger partial charge in [-0.25, -0.2) is 0 Å². The van der Waals surface area contributed by atoms with Gasteiger partial charge in [0.2, 0.25) is 5.91 Å². The van der Waals surface area contributed by atoms with Crippen molar-refractivity contribution in [2.75, 3.05) is 32.8 Å². The maximum Gasteiger partial charge on any atom is 0.222 e. The van der Waals surface area contributed by atoms with Crippen LogP contribution < -0.4 is 0 Å². The zero-order valence-corrected chi connectivity index (χ0v) is 14.3. The molecule has 1 spiro atoms. The van der Waals surface area contributed by atoms with E-state index in [1.165, 1.54) is 6.42 Å². The molecule has 1 amide bonds. The first kappa shape index (κ1) is 16.0. The number of carbonyl (C=O) groups excluding carboxylic acids is 1. The minimum absolute atomic E-state index is 0.0667. The first-order valence-electron chi connectivity index (χ1n) is 9.26. The van der Waals surface area contributed by atoms with Crippen LogP contribution in [0.2, 0.25) is 0 Å². The van der Waals surface area contributed by atoms with Crippen LogP contribution >= 0.6 is 0 Å². The molecule has 0 unspecified atom stereocenters. The highest BCUT2D eigenvalue weighted by molar-refractivity contribution is 5.76. The van der Waals surface area contributed by atoms with E-state index in [4.69, 9.17) is 4.74 Å². The van der Waals surface area contributed by atoms with Crippen LogP contribution in [-0.4, -0.2) is 59.1 Å². The van der Waals surface area contributed by atoms with E-state index in [0.717, 1.165) is 70.7 Å². The Bertz CT molecular complexity index is 561. The molecule has 0 aromatic carbocycles. The Hall–Kier alpha value is -1.46. The Morgan fingerprint density at radius 2 is 2.21 bits per heavy atom. The van der Waals surface area contributed by atoms with E-state index in [2.05, 4.69) is 20.9 Å². The van der Waals surface area contributed by atoms with Gasteiger partial charge in [-0.05, 0) is 37.8 Å². The summed E-state index contributed by atoms with van der Waals surface area (Å²) < 4.78 is 6.26. The van der Waals surface area contributed by atoms with E-state index in [1.54, 1.807) is 0 Å². The molecule has 0 radical (unpaired) electrons. The van der Waals surface area contributed by atoms with Crippen molar-refractivity contribution in [2.45, 2.75) is 44.2 Å². The highest BCUT2D eigenvalue weighted by Crippen LogP contribution is 2.37. The molecule has 0 N–H and O–H groups in total. The normalized spacial score (nSPS) is 27.2. The molecule has 5 heteroatoms. The van der Waals surface area contributed by atoms with Gasteiger partial charge in [0.15, 0.2) is 0 Å². The smallest absolute Gasteiger partial charge is 0.222 e. The molecule has 1 aromatic rings. The fraction of sp³-hybridized carbons (Fsp3) is 0.684. The fourth-order valence-electron chi connectivity index (χ4n) is 4.28. The monoisotopic (exact) mass is 329 g/mol. The molecule has 0 bridgehead atoms. The molecular formula is C19H27N3O2. The summed E-state index contributed by atoms with van der Waals surface area (Å²) in [6.07, 6.45) is 7.12. The number of amides is 1. The van der Waals surface area contributed by atoms with Crippen LogP contribution in [0.4, 0.5) is 0 Å². The standard InChI is InChI=1S/C19H27N3O2/c23-18-6-2-4-10-22(18)11-16-7-8-19(24-13-16)14-21(15-19)12-17-5-1-3-9-20-17/h1,3,5,9,16H,2,4,6-8,10-15H2/t16-/m1/s1. The van der Waals surface area contributed by atoms with Crippen LogP contribution in [0.3, 0.4) is 0 Å². The molecule has 3 fully saturated rings. The van der Waals surface area contributed by atoms with Crippen molar-refractivity contribution in [3.05, 3.63) is 30.1 Å². The van der Waals surface area contributed by atoms with Gasteiger partial charge < -0.3 is 9.64 Å². The van der Waals surface area contributed by atoms with E-state index in [0.29, 0.717) is 11.8 Å². The predicted molar refractivity (Wildman–Crippen MR) is 91.4 cm³/mol. The number of pyridine rings is 1. The van der Waals surface area contributed by atoms with Crippen LogP contribution in [0, 0.1) is 5.92 Å². The Labute approximate surface area is 144 Å². The van der Waals surface area contributed by atoms with Gasteiger partial charge in [-0.1, -0.05) is 6.07 Å². The van der Waals surface area contributed by atoms with Gasteiger partial charge in [0.05, 0.1) is 17.9 Å². The topological polar surface area (TPSA) is 45.7 Å². The lowest BCUT2D eigenvalue weighted by atomic mass is 9.82. The molecule has 4 rings (SSSR count). The largest absolute Gasteiger partial charge is 0.372 e. The summed E-state index contributed by atoms with van der Waals surface area (Å²) in [4.78, 5) is 20.8. The molecule has 4 heterocycles. The van der Waals surface area contributed by atoms with E-state index >= 15 is 0 Å². The van der Waals surface area contributed by atoms with Crippen LogP contribution in [0.15, 0.2) is 24.4 Å². The van der Waals surface area contributed by atoms with Crippen molar-refractivity contribution in [3.63, 3.8) is 0 Å². The third-order valence-electron chi connectivity index (χ3n) is 5.67. The second-order valence-corrected chi connectivity index (χ2v) is 7.66. The number of piperidine rings is 1. The third kappa shape index (κ3) is 3.47. The lowest BCUT2D eigenvalue weighted by Crippen LogP contribution is -2.64. The summed E-state index contributed by atoms with van der Waals surface area (Å²) in [5.41, 5.74) is 1.20. The maximum atomic E-state index is 12.0. The number of rotatable bonds is 4. The molecule has 3 aliphatic rings. The molecule has 0 saturated carbocycles. The zero-order chi connectivity index (χ0) is 16.4. The first-order valence-corrected chi connectivity index (χ1v) is 9.26. The van der Waals surface area contributed by atoms with Crippen molar-refractivity contribution in [2.24, 2.45) is 5.92 Å². The van der Waals surface area contributed by atoms with E-state index in [1.807, 2.05) is 18.3 Å². The number of nitrogens with zero attached hydrogens (tertiary/aromatic N) is 3. The van der Waals surface area contributed by atoms with E-state index in [-0.39, 0.29) is 5.60 Å². The van der Waals surface area contributed by atoms with Crippen LogP contribution in [-0.2, 0) is 16.1 Å². The minimum atomic E-state index is 0.0667. The summed E-state index contributed by atoms with van der Waals surface area (Å²) >= 11 is 0. The maximum absolute atomic E-state index is 12.0. The molecule has 130 valence electrons. The van der Waals surface area contributed by atoms with Gasteiger partial charge in [-0.2, -0.15) is 0 Å². The second-order valence-electron chi connectivity index (χ2n) is 7.66. The van der Waals surface area contributed by atoms with Crippen molar-refractivity contribution in [1.82, 2.24) is 14.8 Å². The Balaban J connectivity index is 1.22. The average molecular weight is 329 g/mol. The Morgan fingerprint density at radius 3 is 2.92 bits per heavy atom. The van der Waals surface area contributed by atoms with Gasteiger partial charge >= 0.3 is 0 Å². The van der Waals surface area contributed by atoms with E-state index in [9.17, 15) is 4.79 Å². The fourth-order valence-corrected chi connectivity index (χ4v) is 4.28. The van der Waals surface area contributed by atoms with Crippen LogP contribution in [0.5, 0.6) is 0 Å². The Morgan fingerprint density at radius 1 is 1.29 bits per heavy atom. The summed E-state index contributed by atoms with van der Waals surface area (Å²) in [7, 11) is 0. The Kier molecular flexibility index (Phi) is 4.55. The lowest BCUT2D eigenvalue weighted by Gasteiger charge is -2.53. The number of hydrogen-bond donors (Lipinski definition) is 0. The van der Waals surface area contributed by atoms with E-state index < -0.39 is 0 Å². The van der Waals surface area contributed by atoms with Crippen LogP contribution in [0.25, 0.3) is 0 Å². The molecule has 3 aliphatic heterocycles. The number of hydrogen-bond acceptors (Lipinski definition) is 4. The number of carbonyl (C=O) groups is 1. The lowest BCUT2D eigenvalue weighted by molar-refractivity contribution is -0.184. The van der Waals surface area contributed by atoms with Crippen LogP contribution in [0.1, 0.15) is 37.8 Å². The summed E-state index contributed by atoms with van der Waals surface area (Å²) in [6.45, 7) is 5.58. The SMILES string of the molecule is O=C1CCCCN1C[C@H]1CCC2(CN(Cc3ccccn3)C2)OC1. The molecule has 3 saturated heterocycles.